The van der Waals surface area contributed by atoms with Crippen LogP contribution < -0.4 is 11.1 Å². The molecule has 0 saturated carbocycles. The zero-order chi connectivity index (χ0) is 33.3. The fraction of sp³-hybridized carbons (Fsp3) is 0.677. The Kier molecular flexibility index (Phi) is 16.8. The SMILES string of the molecule is CCCCCCCCCCCCCCCC(=O)OCOC(=O)C1=C(CSC)CS[C@@H]2C(NC(=O)C(=NO)c3csc(N)n3)C(=O)N12. The molecule has 2 atom stereocenters. The van der Waals surface area contributed by atoms with Crippen molar-refractivity contribution in [3.8, 4) is 0 Å². The normalized spacial score (nSPS) is 17.8. The summed E-state index contributed by atoms with van der Waals surface area (Å²) in [5.41, 5.74) is 6.13. The second kappa shape index (κ2) is 20.5. The number of nitrogens with zero attached hydrogens (tertiary/aromatic N) is 3. The highest BCUT2D eigenvalue weighted by Gasteiger charge is 2.54. The highest BCUT2D eigenvalue weighted by molar-refractivity contribution is 8.00. The van der Waals surface area contributed by atoms with Crippen LogP contribution in [0.4, 0.5) is 5.13 Å². The zero-order valence-corrected chi connectivity index (χ0v) is 29.2. The Balaban J connectivity index is 1.37. The van der Waals surface area contributed by atoms with Gasteiger partial charge >= 0.3 is 11.9 Å². The molecule has 0 aromatic carbocycles. The van der Waals surface area contributed by atoms with Gasteiger partial charge in [-0.3, -0.25) is 19.3 Å². The molecule has 1 aromatic heterocycles. The van der Waals surface area contributed by atoms with Crippen molar-refractivity contribution in [3.63, 3.8) is 0 Å². The van der Waals surface area contributed by atoms with Crippen molar-refractivity contribution in [1.29, 1.82) is 0 Å². The molecule has 1 aromatic rings. The van der Waals surface area contributed by atoms with Crippen molar-refractivity contribution in [3.05, 3.63) is 22.3 Å². The molecule has 3 heterocycles. The zero-order valence-electron chi connectivity index (χ0n) is 26.8. The smallest absolute Gasteiger partial charge is 0.357 e. The van der Waals surface area contributed by atoms with E-state index in [4.69, 9.17) is 15.2 Å². The summed E-state index contributed by atoms with van der Waals surface area (Å²) in [6, 6.07) is -0.956. The number of carbonyl (C=O) groups excluding carboxylic acids is 4. The summed E-state index contributed by atoms with van der Waals surface area (Å²) in [7, 11) is 0. The Hall–Kier alpha value is -2.78. The summed E-state index contributed by atoms with van der Waals surface area (Å²) in [6.07, 6.45) is 17.9. The molecule has 0 radical (unpaired) electrons. The monoisotopic (exact) mass is 697 g/mol. The number of anilines is 1. The van der Waals surface area contributed by atoms with Crippen molar-refractivity contribution in [1.82, 2.24) is 15.2 Å². The first-order chi connectivity index (χ1) is 22.3. The number of nitrogens with one attached hydrogen (secondary N) is 1. The number of hydrogen-bond acceptors (Lipinski definition) is 13. The van der Waals surface area contributed by atoms with Crippen LogP contribution in [0, 0.1) is 0 Å². The minimum atomic E-state index is -0.956. The van der Waals surface area contributed by atoms with Gasteiger partial charge in [-0.05, 0) is 18.2 Å². The van der Waals surface area contributed by atoms with Crippen LogP contribution in [0.2, 0.25) is 0 Å². The van der Waals surface area contributed by atoms with Crippen LogP contribution >= 0.6 is 34.9 Å². The van der Waals surface area contributed by atoms with Crippen LogP contribution in [0.5, 0.6) is 0 Å². The average molecular weight is 698 g/mol. The first kappa shape index (κ1) is 37.7. The number of carbonyl (C=O) groups is 4. The van der Waals surface area contributed by atoms with E-state index in [-0.39, 0.29) is 28.7 Å². The lowest BCUT2D eigenvalue weighted by atomic mass is 10.0. The number of nitrogen functional groups attached to an aromatic ring is 1. The van der Waals surface area contributed by atoms with Crippen LogP contribution in [0.25, 0.3) is 0 Å². The van der Waals surface area contributed by atoms with E-state index in [1.165, 1.54) is 98.0 Å². The maximum Gasteiger partial charge on any atom is 0.357 e. The number of β-lactam (4-membered cyclic amide) rings is 1. The minimum absolute atomic E-state index is 0.0810. The number of thioether (sulfide) groups is 2. The first-order valence-electron chi connectivity index (χ1n) is 16.0. The number of unbranched alkanes of at least 4 members (excludes halogenated alkanes) is 12. The van der Waals surface area contributed by atoms with Crippen molar-refractivity contribution in [2.24, 2.45) is 5.16 Å². The maximum absolute atomic E-state index is 13.2. The van der Waals surface area contributed by atoms with Crippen molar-refractivity contribution < 1.29 is 33.9 Å². The highest BCUT2D eigenvalue weighted by atomic mass is 32.2. The van der Waals surface area contributed by atoms with Crippen molar-refractivity contribution in [2.75, 3.05) is 30.3 Å². The topological polar surface area (TPSA) is 174 Å². The molecule has 3 rings (SSSR count). The Labute approximate surface area is 283 Å². The van der Waals surface area contributed by atoms with E-state index < -0.39 is 42.0 Å². The van der Waals surface area contributed by atoms with Gasteiger partial charge in [-0.15, -0.1) is 23.1 Å². The first-order valence-corrected chi connectivity index (χ1v) is 19.4. The van der Waals surface area contributed by atoms with Gasteiger partial charge in [0.15, 0.2) is 10.8 Å². The van der Waals surface area contributed by atoms with E-state index in [9.17, 15) is 24.4 Å². The third kappa shape index (κ3) is 11.2. The number of hydrogen-bond donors (Lipinski definition) is 3. The van der Waals surface area contributed by atoms with Gasteiger partial charge < -0.3 is 25.7 Å². The van der Waals surface area contributed by atoms with E-state index in [0.717, 1.165) is 30.6 Å². The molecule has 12 nitrogen and oxygen atoms in total. The van der Waals surface area contributed by atoms with E-state index in [0.29, 0.717) is 17.1 Å². The van der Waals surface area contributed by atoms with Crippen LogP contribution in [0.1, 0.15) is 103 Å². The molecular weight excluding hydrogens is 651 g/mol. The molecular formula is C31H47N5O7S3. The molecule has 2 amide bonds. The highest BCUT2D eigenvalue weighted by Crippen LogP contribution is 2.41. The van der Waals surface area contributed by atoms with Crippen LogP contribution in [-0.2, 0) is 28.7 Å². The Morgan fingerprint density at radius 3 is 2.26 bits per heavy atom. The second-order valence-corrected chi connectivity index (χ2v) is 14.2. The molecule has 2 aliphatic heterocycles. The molecule has 15 heteroatoms. The van der Waals surface area contributed by atoms with Crippen molar-refractivity contribution in [2.45, 2.75) is 108 Å². The Morgan fingerprint density at radius 2 is 1.70 bits per heavy atom. The molecule has 2 aliphatic rings. The summed E-state index contributed by atoms with van der Waals surface area (Å²) in [5.74, 6) is -1.57. The summed E-state index contributed by atoms with van der Waals surface area (Å²) < 4.78 is 10.4. The summed E-state index contributed by atoms with van der Waals surface area (Å²) >= 11 is 3.97. The number of aromatic nitrogens is 1. The van der Waals surface area contributed by atoms with Crippen LogP contribution in [0.3, 0.4) is 0 Å². The predicted molar refractivity (Wildman–Crippen MR) is 183 cm³/mol. The number of nitrogens with two attached hydrogens (primary N) is 1. The molecule has 0 aliphatic carbocycles. The Bertz CT molecular complexity index is 1240. The average Bonchev–Trinajstić information content (AvgIpc) is 3.47. The molecule has 256 valence electrons. The molecule has 0 spiro atoms. The number of oxime groups is 1. The van der Waals surface area contributed by atoms with Crippen LogP contribution in [0.15, 0.2) is 21.8 Å². The second-order valence-electron chi connectivity index (χ2n) is 11.3. The predicted octanol–water partition coefficient (Wildman–Crippen LogP) is 5.45. The van der Waals surface area contributed by atoms with Crippen molar-refractivity contribution >= 4 is 69.5 Å². The van der Waals surface area contributed by atoms with Gasteiger partial charge in [-0.2, -0.15) is 11.8 Å². The van der Waals surface area contributed by atoms with Gasteiger partial charge in [0.25, 0.3) is 11.8 Å². The van der Waals surface area contributed by atoms with E-state index >= 15 is 0 Å². The number of esters is 2. The number of ether oxygens (including phenoxy) is 2. The lowest BCUT2D eigenvalue weighted by Gasteiger charge is -2.49. The fourth-order valence-electron chi connectivity index (χ4n) is 5.35. The third-order valence-electron chi connectivity index (χ3n) is 7.82. The summed E-state index contributed by atoms with van der Waals surface area (Å²) in [6.45, 7) is 1.70. The van der Waals surface area contributed by atoms with Gasteiger partial charge in [0.05, 0.1) is 0 Å². The van der Waals surface area contributed by atoms with E-state index in [2.05, 4.69) is 22.4 Å². The van der Waals surface area contributed by atoms with Gasteiger partial charge in [0.1, 0.15) is 22.8 Å². The molecule has 0 bridgehead atoms. The summed E-state index contributed by atoms with van der Waals surface area (Å²) in [5, 5.41) is 16.1. The largest absolute Gasteiger partial charge is 0.428 e. The number of thiazole rings is 1. The van der Waals surface area contributed by atoms with Crippen LogP contribution in [-0.4, -0.2) is 80.5 Å². The Morgan fingerprint density at radius 1 is 1.07 bits per heavy atom. The van der Waals surface area contributed by atoms with Gasteiger partial charge in [0, 0.05) is 23.3 Å². The maximum atomic E-state index is 13.2. The number of rotatable bonds is 22. The number of fused-ring (bicyclic) bond motifs is 1. The van der Waals surface area contributed by atoms with Gasteiger partial charge in [0.2, 0.25) is 6.79 Å². The van der Waals surface area contributed by atoms with Gasteiger partial charge in [-0.25, -0.2) is 9.78 Å². The molecule has 46 heavy (non-hydrogen) atoms. The molecule has 1 fully saturated rings. The fourth-order valence-corrected chi connectivity index (χ4v) is 7.96. The quantitative estimate of drug-likeness (QED) is 0.0268. The van der Waals surface area contributed by atoms with E-state index in [1.807, 2.05) is 6.26 Å². The molecule has 1 saturated heterocycles. The molecule has 4 N–H and O–H groups in total. The van der Waals surface area contributed by atoms with E-state index in [1.54, 1.807) is 0 Å². The minimum Gasteiger partial charge on any atom is -0.428 e. The number of amides is 2. The molecule has 1 unspecified atom stereocenters. The third-order valence-corrected chi connectivity index (χ3v) is 10.5. The standard InChI is InChI=1S/C31H47N5O7S3/c1-3-4-5-6-7-8-9-10-11-12-13-14-15-16-23(37)42-20-43-30(40)26-21(17-44-2)18-45-29-25(28(39)36(26)29)34-27(38)24(35-41)22-19-46-31(32)33-22/h19,25,29,41H,3-18,20H2,1-2H3,(H2,32,33)(H,34,38)/t25?,29-/m1/s1. The lowest BCUT2D eigenvalue weighted by molar-refractivity contribution is -0.168. The van der Waals surface area contributed by atoms with Gasteiger partial charge in [-0.1, -0.05) is 89.1 Å². The lowest BCUT2D eigenvalue weighted by Crippen LogP contribution is -2.71. The summed E-state index contributed by atoms with van der Waals surface area (Å²) in [4.78, 5) is 56.5.